The first kappa shape index (κ1) is 12.7. The minimum absolute atomic E-state index is 0.182. The van der Waals surface area contributed by atoms with Gasteiger partial charge in [0.05, 0.1) is 17.1 Å². The van der Waals surface area contributed by atoms with E-state index in [-0.39, 0.29) is 5.88 Å². The predicted octanol–water partition coefficient (Wildman–Crippen LogP) is 3.72. The van der Waals surface area contributed by atoms with Gasteiger partial charge in [-0.05, 0) is 24.3 Å². The number of hydrogen-bond acceptors (Lipinski definition) is 3. The third-order valence-electron chi connectivity index (χ3n) is 2.83. The van der Waals surface area contributed by atoms with Crippen LogP contribution in [0.5, 0.6) is 0 Å². The van der Waals surface area contributed by atoms with Crippen LogP contribution in [0, 0.1) is 0 Å². The number of para-hydroxylation sites is 3. The Kier molecular flexibility index (Phi) is 3.39. The van der Waals surface area contributed by atoms with Crippen LogP contribution in [0.1, 0.15) is 0 Å². The number of aromatic nitrogens is 1. The number of hydrogen-bond donors (Lipinski definition) is 1. The standard InChI is InChI=1S/C15H12ClN3O/c16-9-14(17)18-11-6-2-1-5-10(11)15-19-12-7-3-4-8-13(12)20-15/h1-8H,9H2,(H2,17,18). The fraction of sp³-hybridized carbons (Fsp3) is 0.0667. The largest absolute Gasteiger partial charge is 0.436 e. The second kappa shape index (κ2) is 5.35. The average Bonchev–Trinajstić information content (AvgIpc) is 2.91. The first-order valence-electron chi connectivity index (χ1n) is 6.12. The van der Waals surface area contributed by atoms with Crippen molar-refractivity contribution in [2.45, 2.75) is 0 Å². The molecule has 3 aromatic rings. The van der Waals surface area contributed by atoms with Crippen molar-refractivity contribution < 1.29 is 4.42 Å². The van der Waals surface area contributed by atoms with Gasteiger partial charge in [0.15, 0.2) is 5.58 Å². The number of benzene rings is 2. The molecule has 0 saturated carbocycles. The number of fused-ring (bicyclic) bond motifs is 1. The molecular formula is C15H12ClN3O. The molecule has 0 radical (unpaired) electrons. The highest BCUT2D eigenvalue weighted by Crippen LogP contribution is 2.31. The zero-order valence-corrected chi connectivity index (χ0v) is 11.3. The van der Waals surface area contributed by atoms with Crippen LogP contribution in [0.4, 0.5) is 5.69 Å². The lowest BCUT2D eigenvalue weighted by molar-refractivity contribution is 0.620. The van der Waals surface area contributed by atoms with E-state index in [1.807, 2.05) is 48.5 Å². The maximum Gasteiger partial charge on any atom is 0.229 e. The number of alkyl halides is 1. The summed E-state index contributed by atoms with van der Waals surface area (Å²) in [6.45, 7) is 0. The minimum Gasteiger partial charge on any atom is -0.436 e. The zero-order valence-electron chi connectivity index (χ0n) is 10.6. The summed E-state index contributed by atoms with van der Waals surface area (Å²) < 4.78 is 5.76. The van der Waals surface area contributed by atoms with Crippen molar-refractivity contribution >= 4 is 34.2 Å². The molecule has 0 atom stereocenters. The van der Waals surface area contributed by atoms with Crippen molar-refractivity contribution in [3.05, 3.63) is 48.5 Å². The molecule has 0 fully saturated rings. The molecule has 1 heterocycles. The molecule has 1 aromatic heterocycles. The van der Waals surface area contributed by atoms with Crippen molar-refractivity contribution in [2.75, 3.05) is 5.88 Å². The molecule has 2 N–H and O–H groups in total. The molecule has 0 aliphatic heterocycles. The summed E-state index contributed by atoms with van der Waals surface area (Å²) in [5.74, 6) is 1.06. The summed E-state index contributed by atoms with van der Waals surface area (Å²) >= 11 is 5.67. The molecular weight excluding hydrogens is 274 g/mol. The van der Waals surface area contributed by atoms with Gasteiger partial charge >= 0.3 is 0 Å². The van der Waals surface area contributed by atoms with Crippen molar-refractivity contribution in [3.63, 3.8) is 0 Å². The molecule has 0 aliphatic rings. The molecule has 0 unspecified atom stereocenters. The lowest BCUT2D eigenvalue weighted by Gasteiger charge is -2.02. The van der Waals surface area contributed by atoms with Crippen LogP contribution in [0.2, 0.25) is 0 Å². The topological polar surface area (TPSA) is 64.4 Å². The van der Waals surface area contributed by atoms with E-state index in [4.69, 9.17) is 21.8 Å². The van der Waals surface area contributed by atoms with Gasteiger partial charge in [0.2, 0.25) is 5.89 Å². The normalized spacial score (nSPS) is 11.9. The Morgan fingerprint density at radius 1 is 1.15 bits per heavy atom. The average molecular weight is 286 g/mol. The van der Waals surface area contributed by atoms with Crippen LogP contribution in [-0.4, -0.2) is 16.7 Å². The molecule has 0 amide bonds. The zero-order chi connectivity index (χ0) is 13.9. The summed E-state index contributed by atoms with van der Waals surface area (Å²) in [5, 5.41) is 0. The number of aliphatic imine (C=N–C) groups is 1. The van der Waals surface area contributed by atoms with E-state index in [0.717, 1.165) is 16.7 Å². The van der Waals surface area contributed by atoms with Crippen LogP contribution >= 0.6 is 11.6 Å². The van der Waals surface area contributed by atoms with Crippen LogP contribution < -0.4 is 5.73 Å². The maximum atomic E-state index is 5.76. The van der Waals surface area contributed by atoms with Gasteiger partial charge in [0.25, 0.3) is 0 Å². The molecule has 3 rings (SSSR count). The summed E-state index contributed by atoms with van der Waals surface area (Å²) in [4.78, 5) is 8.75. The molecule has 20 heavy (non-hydrogen) atoms. The fourth-order valence-electron chi connectivity index (χ4n) is 1.92. The Labute approximate surface area is 120 Å². The first-order valence-corrected chi connectivity index (χ1v) is 6.65. The van der Waals surface area contributed by atoms with Gasteiger partial charge < -0.3 is 10.2 Å². The molecule has 5 heteroatoms. The van der Waals surface area contributed by atoms with E-state index in [1.54, 1.807) is 0 Å². The quantitative estimate of drug-likeness (QED) is 0.453. The molecule has 4 nitrogen and oxygen atoms in total. The molecule has 0 saturated heterocycles. The van der Waals surface area contributed by atoms with Gasteiger partial charge in [-0.1, -0.05) is 24.3 Å². The highest BCUT2D eigenvalue weighted by Gasteiger charge is 2.11. The number of halogens is 1. The Bertz CT molecular complexity index is 746. The summed E-state index contributed by atoms with van der Waals surface area (Å²) in [7, 11) is 0. The Morgan fingerprint density at radius 3 is 2.70 bits per heavy atom. The molecule has 2 aromatic carbocycles. The molecule has 0 spiro atoms. The second-order valence-electron chi connectivity index (χ2n) is 4.24. The summed E-state index contributed by atoms with van der Waals surface area (Å²) in [6, 6.07) is 15.1. The van der Waals surface area contributed by atoms with Gasteiger partial charge in [0.1, 0.15) is 11.4 Å². The van der Waals surface area contributed by atoms with Gasteiger partial charge in [0, 0.05) is 0 Å². The van der Waals surface area contributed by atoms with Gasteiger partial charge in [-0.2, -0.15) is 0 Å². The highest BCUT2D eigenvalue weighted by molar-refractivity contribution is 6.28. The Morgan fingerprint density at radius 2 is 1.90 bits per heavy atom. The third-order valence-corrected chi connectivity index (χ3v) is 3.10. The van der Waals surface area contributed by atoms with Crippen LogP contribution in [-0.2, 0) is 0 Å². The predicted molar refractivity (Wildman–Crippen MR) is 81.4 cm³/mol. The number of nitrogens with zero attached hydrogens (tertiary/aromatic N) is 2. The van der Waals surface area contributed by atoms with Crippen LogP contribution in [0.25, 0.3) is 22.6 Å². The van der Waals surface area contributed by atoms with E-state index >= 15 is 0 Å². The monoisotopic (exact) mass is 285 g/mol. The fourth-order valence-corrected chi connectivity index (χ4v) is 1.98. The van der Waals surface area contributed by atoms with E-state index in [0.29, 0.717) is 17.4 Å². The highest BCUT2D eigenvalue weighted by atomic mass is 35.5. The number of rotatable bonds is 3. The second-order valence-corrected chi connectivity index (χ2v) is 4.51. The molecule has 0 aliphatic carbocycles. The number of oxazole rings is 1. The van der Waals surface area contributed by atoms with E-state index in [2.05, 4.69) is 9.98 Å². The Balaban J connectivity index is 2.14. The third kappa shape index (κ3) is 2.38. The first-order chi connectivity index (χ1) is 9.78. The lowest BCUT2D eigenvalue weighted by Crippen LogP contribution is -2.12. The van der Waals surface area contributed by atoms with Crippen molar-refractivity contribution in [2.24, 2.45) is 10.7 Å². The smallest absolute Gasteiger partial charge is 0.229 e. The minimum atomic E-state index is 0.182. The van der Waals surface area contributed by atoms with Gasteiger partial charge in [-0.3, -0.25) is 0 Å². The number of nitrogens with two attached hydrogens (primary N) is 1. The number of amidine groups is 1. The summed E-state index contributed by atoms with van der Waals surface area (Å²) in [5.41, 5.74) is 8.73. The van der Waals surface area contributed by atoms with Crippen LogP contribution in [0.3, 0.4) is 0 Å². The van der Waals surface area contributed by atoms with E-state index in [9.17, 15) is 0 Å². The van der Waals surface area contributed by atoms with Gasteiger partial charge in [-0.25, -0.2) is 9.98 Å². The van der Waals surface area contributed by atoms with Crippen molar-refractivity contribution in [1.29, 1.82) is 0 Å². The van der Waals surface area contributed by atoms with Gasteiger partial charge in [-0.15, -0.1) is 11.6 Å². The van der Waals surface area contributed by atoms with E-state index in [1.165, 1.54) is 0 Å². The Hall–Kier alpha value is -2.33. The molecule has 100 valence electrons. The van der Waals surface area contributed by atoms with Crippen molar-refractivity contribution in [1.82, 2.24) is 4.98 Å². The molecule has 0 bridgehead atoms. The van der Waals surface area contributed by atoms with Crippen LogP contribution in [0.15, 0.2) is 57.9 Å². The SMILES string of the molecule is NC(CCl)=Nc1ccccc1-c1nc2ccccc2o1. The van der Waals surface area contributed by atoms with E-state index < -0.39 is 0 Å². The van der Waals surface area contributed by atoms with Crippen molar-refractivity contribution in [3.8, 4) is 11.5 Å². The maximum absolute atomic E-state index is 5.76. The lowest BCUT2D eigenvalue weighted by atomic mass is 10.2. The summed E-state index contributed by atoms with van der Waals surface area (Å²) in [6.07, 6.45) is 0.